The number of aromatic nitrogens is 1. The lowest BCUT2D eigenvalue weighted by atomic mass is 10.1. The van der Waals surface area contributed by atoms with Crippen molar-refractivity contribution in [2.45, 2.75) is 51.4 Å². The fraction of sp³-hybridized carbons (Fsp3) is 0.611. The number of ether oxygens (including phenoxy) is 2. The van der Waals surface area contributed by atoms with Crippen LogP contribution in [0.2, 0.25) is 0 Å². The number of nitrogens with zero attached hydrogens (tertiary/aromatic N) is 3. The molecule has 0 radical (unpaired) electrons. The van der Waals surface area contributed by atoms with Crippen LogP contribution >= 0.6 is 0 Å². The zero-order valence-corrected chi connectivity index (χ0v) is 15.0. The van der Waals surface area contributed by atoms with Gasteiger partial charge in [-0.25, -0.2) is 4.79 Å². The quantitative estimate of drug-likeness (QED) is 0.837. The molecule has 2 amide bonds. The van der Waals surface area contributed by atoms with E-state index in [9.17, 15) is 9.59 Å². The molecule has 0 aliphatic carbocycles. The average Bonchev–Trinajstić information content (AvgIpc) is 2.99. The van der Waals surface area contributed by atoms with E-state index in [1.165, 1.54) is 0 Å². The number of likely N-dealkylation sites (tertiary alicyclic amines) is 2. The Labute approximate surface area is 147 Å². The van der Waals surface area contributed by atoms with Gasteiger partial charge >= 0.3 is 6.09 Å². The topological polar surface area (TPSA) is 72.0 Å². The van der Waals surface area contributed by atoms with Gasteiger partial charge in [-0.05, 0) is 45.7 Å². The van der Waals surface area contributed by atoms with E-state index < -0.39 is 17.7 Å². The minimum Gasteiger partial charge on any atom is -0.485 e. The Hall–Kier alpha value is -2.31. The smallest absolute Gasteiger partial charge is 0.410 e. The fourth-order valence-corrected chi connectivity index (χ4v) is 3.08. The first kappa shape index (κ1) is 17.5. The highest BCUT2D eigenvalue weighted by molar-refractivity contribution is 5.87. The molecule has 2 aliphatic heterocycles. The van der Waals surface area contributed by atoms with Crippen LogP contribution in [0.5, 0.6) is 5.75 Å². The van der Waals surface area contributed by atoms with Crippen LogP contribution in [0.4, 0.5) is 4.79 Å². The van der Waals surface area contributed by atoms with E-state index in [0.717, 1.165) is 6.42 Å². The molecule has 0 spiro atoms. The summed E-state index contributed by atoms with van der Waals surface area (Å²) in [5, 5.41) is 0. The van der Waals surface area contributed by atoms with Gasteiger partial charge in [0.05, 0.1) is 19.3 Å². The summed E-state index contributed by atoms with van der Waals surface area (Å²) in [7, 11) is 0. The van der Waals surface area contributed by atoms with Crippen LogP contribution in [0, 0.1) is 0 Å². The number of carbonyl (C=O) groups is 2. The predicted molar refractivity (Wildman–Crippen MR) is 91.2 cm³/mol. The van der Waals surface area contributed by atoms with E-state index in [1.807, 2.05) is 32.9 Å². The van der Waals surface area contributed by atoms with Crippen LogP contribution in [0.15, 0.2) is 24.5 Å². The second-order valence-electron chi connectivity index (χ2n) is 7.50. The third-order valence-electron chi connectivity index (χ3n) is 4.26. The maximum Gasteiger partial charge on any atom is 0.410 e. The van der Waals surface area contributed by atoms with E-state index in [-0.39, 0.29) is 12.0 Å². The van der Waals surface area contributed by atoms with Crippen molar-refractivity contribution in [1.82, 2.24) is 14.8 Å². The van der Waals surface area contributed by atoms with Crippen molar-refractivity contribution in [2.24, 2.45) is 0 Å². The highest BCUT2D eigenvalue weighted by Gasteiger charge is 2.42. The molecule has 136 valence electrons. The molecule has 1 atom stereocenters. The van der Waals surface area contributed by atoms with Crippen molar-refractivity contribution >= 4 is 12.0 Å². The Balaban J connectivity index is 1.52. The van der Waals surface area contributed by atoms with Gasteiger partial charge in [0.25, 0.3) is 0 Å². The molecule has 3 rings (SSSR count). The predicted octanol–water partition coefficient (Wildman–Crippen LogP) is 2.07. The van der Waals surface area contributed by atoms with Crippen molar-refractivity contribution < 1.29 is 19.1 Å². The van der Waals surface area contributed by atoms with Crippen LogP contribution in [0.25, 0.3) is 0 Å². The molecular weight excluding hydrogens is 322 g/mol. The third-order valence-corrected chi connectivity index (χ3v) is 4.26. The van der Waals surface area contributed by atoms with Gasteiger partial charge in [0.15, 0.2) is 0 Å². The maximum atomic E-state index is 12.7. The van der Waals surface area contributed by atoms with Gasteiger partial charge in [-0.2, -0.15) is 0 Å². The molecule has 7 nitrogen and oxygen atoms in total. The molecule has 7 heteroatoms. The van der Waals surface area contributed by atoms with Crippen molar-refractivity contribution in [2.75, 3.05) is 19.6 Å². The van der Waals surface area contributed by atoms with Crippen LogP contribution in [-0.4, -0.2) is 64.2 Å². The molecule has 2 fully saturated rings. The lowest BCUT2D eigenvalue weighted by Gasteiger charge is -2.41. The number of amides is 2. The van der Waals surface area contributed by atoms with E-state index >= 15 is 0 Å². The monoisotopic (exact) mass is 347 g/mol. The van der Waals surface area contributed by atoms with Crippen LogP contribution < -0.4 is 4.74 Å². The summed E-state index contributed by atoms with van der Waals surface area (Å²) in [6.07, 6.45) is 4.42. The standard InChI is InChI=1S/C18H25N3O4/c1-18(2,3)25-17(23)21-9-5-7-15(21)16(22)20-11-14(12-20)24-13-6-4-8-19-10-13/h4,6,8,10,14-15H,5,7,9,11-12H2,1-3H3/t15-/m1/s1. The van der Waals surface area contributed by atoms with E-state index in [1.54, 1.807) is 22.2 Å². The third kappa shape index (κ3) is 4.21. The lowest BCUT2D eigenvalue weighted by Crippen LogP contribution is -2.60. The summed E-state index contributed by atoms with van der Waals surface area (Å²) in [6.45, 7) is 7.11. The van der Waals surface area contributed by atoms with Crippen LogP contribution in [0.3, 0.4) is 0 Å². The fourth-order valence-electron chi connectivity index (χ4n) is 3.08. The summed E-state index contributed by atoms with van der Waals surface area (Å²) in [4.78, 5) is 32.3. The second kappa shape index (κ2) is 6.90. The Morgan fingerprint density at radius 2 is 2.04 bits per heavy atom. The van der Waals surface area contributed by atoms with Crippen molar-refractivity contribution in [1.29, 1.82) is 0 Å². The molecule has 0 saturated carbocycles. The van der Waals surface area contributed by atoms with Gasteiger partial charge in [0.1, 0.15) is 23.5 Å². The average molecular weight is 347 g/mol. The van der Waals surface area contributed by atoms with E-state index in [0.29, 0.717) is 31.8 Å². The van der Waals surface area contributed by atoms with Gasteiger partial charge in [-0.3, -0.25) is 14.7 Å². The van der Waals surface area contributed by atoms with Gasteiger partial charge in [0, 0.05) is 12.7 Å². The number of carbonyl (C=O) groups excluding carboxylic acids is 2. The number of pyridine rings is 1. The first-order valence-corrected chi connectivity index (χ1v) is 8.68. The molecule has 3 heterocycles. The number of rotatable bonds is 3. The Bertz CT molecular complexity index is 623. The maximum absolute atomic E-state index is 12.7. The number of hydrogen-bond donors (Lipinski definition) is 0. The van der Waals surface area contributed by atoms with Gasteiger partial charge < -0.3 is 14.4 Å². The van der Waals surface area contributed by atoms with Crippen LogP contribution in [-0.2, 0) is 9.53 Å². The molecule has 2 aliphatic rings. The second-order valence-corrected chi connectivity index (χ2v) is 7.50. The minimum atomic E-state index is -0.563. The van der Waals surface area contributed by atoms with Gasteiger partial charge in [-0.1, -0.05) is 0 Å². The zero-order chi connectivity index (χ0) is 18.0. The Morgan fingerprint density at radius 3 is 2.68 bits per heavy atom. The number of hydrogen-bond acceptors (Lipinski definition) is 5. The SMILES string of the molecule is CC(C)(C)OC(=O)N1CCC[C@@H]1C(=O)N1CC(Oc2cccnc2)C1. The zero-order valence-electron chi connectivity index (χ0n) is 15.0. The van der Waals surface area contributed by atoms with Crippen molar-refractivity contribution in [3.05, 3.63) is 24.5 Å². The lowest BCUT2D eigenvalue weighted by molar-refractivity contribution is -0.144. The van der Waals surface area contributed by atoms with Crippen LogP contribution in [0.1, 0.15) is 33.6 Å². The normalized spacial score (nSPS) is 21.0. The largest absolute Gasteiger partial charge is 0.485 e. The molecule has 0 N–H and O–H groups in total. The Kier molecular flexibility index (Phi) is 4.83. The summed E-state index contributed by atoms with van der Waals surface area (Å²) >= 11 is 0. The highest BCUT2D eigenvalue weighted by atomic mass is 16.6. The molecule has 0 aromatic carbocycles. The molecule has 1 aromatic heterocycles. The molecule has 0 unspecified atom stereocenters. The van der Waals surface area contributed by atoms with E-state index in [4.69, 9.17) is 9.47 Å². The molecular formula is C18H25N3O4. The minimum absolute atomic E-state index is 0.0191. The summed E-state index contributed by atoms with van der Waals surface area (Å²) in [5.41, 5.74) is -0.563. The van der Waals surface area contributed by atoms with E-state index in [2.05, 4.69) is 4.98 Å². The van der Waals surface area contributed by atoms with Gasteiger partial charge in [-0.15, -0.1) is 0 Å². The molecule has 2 saturated heterocycles. The summed E-state index contributed by atoms with van der Waals surface area (Å²) < 4.78 is 11.2. The van der Waals surface area contributed by atoms with Crippen molar-refractivity contribution in [3.63, 3.8) is 0 Å². The summed E-state index contributed by atoms with van der Waals surface area (Å²) in [5.74, 6) is 0.685. The first-order chi connectivity index (χ1) is 11.8. The molecule has 25 heavy (non-hydrogen) atoms. The molecule has 1 aromatic rings. The first-order valence-electron chi connectivity index (χ1n) is 8.68. The van der Waals surface area contributed by atoms with Crippen molar-refractivity contribution in [3.8, 4) is 5.75 Å². The summed E-state index contributed by atoms with van der Waals surface area (Å²) in [6, 6.07) is 3.24. The Morgan fingerprint density at radius 1 is 1.28 bits per heavy atom. The molecule has 0 bridgehead atoms. The van der Waals surface area contributed by atoms with Gasteiger partial charge in [0.2, 0.25) is 5.91 Å². The highest BCUT2D eigenvalue weighted by Crippen LogP contribution is 2.25.